The van der Waals surface area contributed by atoms with Crippen molar-refractivity contribution in [2.24, 2.45) is 7.05 Å². The third-order valence-electron chi connectivity index (χ3n) is 3.02. The van der Waals surface area contributed by atoms with Gasteiger partial charge in [0.25, 0.3) is 0 Å². The first-order valence-corrected chi connectivity index (χ1v) is 7.34. The smallest absolute Gasteiger partial charge is 0.180 e. The molecular formula is C15H15N7S. The van der Waals surface area contributed by atoms with Crippen LogP contribution in [-0.4, -0.2) is 36.2 Å². The summed E-state index contributed by atoms with van der Waals surface area (Å²) in [6, 6.07) is 3.65. The van der Waals surface area contributed by atoms with E-state index in [0.29, 0.717) is 34.3 Å². The van der Waals surface area contributed by atoms with Crippen molar-refractivity contribution in [3.63, 3.8) is 0 Å². The van der Waals surface area contributed by atoms with Gasteiger partial charge in [-0.25, -0.2) is 15.0 Å². The molecule has 2 N–H and O–H groups in total. The molecule has 7 nitrogen and oxygen atoms in total. The van der Waals surface area contributed by atoms with Crippen LogP contribution >= 0.6 is 12.2 Å². The molecule has 0 aliphatic heterocycles. The summed E-state index contributed by atoms with van der Waals surface area (Å²) in [5, 5.41) is 6.47. The average Bonchev–Trinajstić information content (AvgIpc) is 2.99. The molecular weight excluding hydrogens is 310 g/mol. The van der Waals surface area contributed by atoms with Crippen molar-refractivity contribution in [1.82, 2.24) is 29.8 Å². The van der Waals surface area contributed by atoms with Crippen molar-refractivity contribution >= 4 is 34.3 Å². The molecule has 0 fully saturated rings. The topological polar surface area (TPSA) is 80.5 Å². The van der Waals surface area contributed by atoms with E-state index in [1.807, 2.05) is 23.9 Å². The molecule has 0 amide bonds. The molecule has 3 heterocycles. The van der Waals surface area contributed by atoms with Crippen LogP contribution in [0, 0.1) is 0 Å². The van der Waals surface area contributed by atoms with E-state index in [2.05, 4.69) is 37.1 Å². The summed E-state index contributed by atoms with van der Waals surface area (Å²) in [5.41, 5.74) is 2.67. The van der Waals surface area contributed by atoms with Crippen LogP contribution in [0.2, 0.25) is 0 Å². The Balaban J connectivity index is 1.88. The number of nitrogens with zero attached hydrogens (tertiary/aromatic N) is 5. The zero-order valence-corrected chi connectivity index (χ0v) is 13.3. The van der Waals surface area contributed by atoms with Gasteiger partial charge in [0.05, 0.1) is 12.5 Å². The molecule has 0 saturated heterocycles. The highest BCUT2D eigenvalue weighted by molar-refractivity contribution is 7.80. The lowest BCUT2D eigenvalue weighted by atomic mass is 10.3. The third-order valence-corrected chi connectivity index (χ3v) is 3.27. The molecule has 0 atom stereocenters. The molecule has 3 aromatic heterocycles. The minimum absolute atomic E-state index is 0.477. The number of hydrogen-bond acceptors (Lipinski definition) is 5. The minimum atomic E-state index is 0.477. The van der Waals surface area contributed by atoms with Gasteiger partial charge >= 0.3 is 0 Å². The predicted molar refractivity (Wildman–Crippen MR) is 94.0 cm³/mol. The zero-order valence-electron chi connectivity index (χ0n) is 12.5. The van der Waals surface area contributed by atoms with Crippen molar-refractivity contribution in [2.75, 3.05) is 11.9 Å². The van der Waals surface area contributed by atoms with Gasteiger partial charge in [-0.1, -0.05) is 6.08 Å². The Hall–Kier alpha value is -2.87. The SMILES string of the molecule is C=CCNC(=S)Nc1ccc2ncc(-c3cn(C)cn3)nc2n1. The maximum absolute atomic E-state index is 5.17. The van der Waals surface area contributed by atoms with Gasteiger partial charge in [-0.05, 0) is 24.4 Å². The number of imidazole rings is 1. The summed E-state index contributed by atoms with van der Waals surface area (Å²) >= 11 is 5.17. The Morgan fingerprint density at radius 2 is 2.17 bits per heavy atom. The van der Waals surface area contributed by atoms with E-state index >= 15 is 0 Å². The summed E-state index contributed by atoms with van der Waals surface area (Å²) < 4.78 is 1.86. The molecule has 0 spiro atoms. The van der Waals surface area contributed by atoms with Gasteiger partial charge in [-0.2, -0.15) is 0 Å². The van der Waals surface area contributed by atoms with Crippen LogP contribution in [0.4, 0.5) is 5.82 Å². The molecule has 8 heteroatoms. The van der Waals surface area contributed by atoms with Gasteiger partial charge in [0, 0.05) is 19.8 Å². The Morgan fingerprint density at radius 1 is 1.30 bits per heavy atom. The Labute approximate surface area is 138 Å². The molecule has 0 aromatic carbocycles. The van der Waals surface area contributed by atoms with Gasteiger partial charge in [0.2, 0.25) is 0 Å². The number of fused-ring (bicyclic) bond motifs is 1. The summed E-state index contributed by atoms with van der Waals surface area (Å²) in [5.74, 6) is 0.603. The first kappa shape index (κ1) is 15.0. The van der Waals surface area contributed by atoms with Crippen molar-refractivity contribution in [3.8, 4) is 11.4 Å². The molecule has 23 heavy (non-hydrogen) atoms. The normalized spacial score (nSPS) is 10.5. The molecule has 0 bridgehead atoms. The van der Waals surface area contributed by atoms with Crippen LogP contribution in [0.25, 0.3) is 22.6 Å². The molecule has 3 rings (SSSR count). The maximum Gasteiger partial charge on any atom is 0.180 e. The Bertz CT molecular complexity index is 871. The lowest BCUT2D eigenvalue weighted by molar-refractivity contribution is 0.913. The van der Waals surface area contributed by atoms with Crippen molar-refractivity contribution in [2.45, 2.75) is 0 Å². The maximum atomic E-state index is 5.17. The molecule has 0 unspecified atom stereocenters. The van der Waals surface area contributed by atoms with E-state index in [4.69, 9.17) is 12.2 Å². The highest BCUT2D eigenvalue weighted by Crippen LogP contribution is 2.17. The number of rotatable bonds is 4. The third kappa shape index (κ3) is 3.49. The lowest BCUT2D eigenvalue weighted by Gasteiger charge is -2.08. The standard InChI is InChI=1S/C15H15N7S/c1-3-6-16-15(23)21-13-5-4-10-14(20-13)19-11(7-17-10)12-8-22(2)9-18-12/h3-5,7-9H,1,6H2,2H3,(H2,16,19,20,21,23). The molecule has 0 saturated carbocycles. The van der Waals surface area contributed by atoms with Crippen LogP contribution in [0.3, 0.4) is 0 Å². The van der Waals surface area contributed by atoms with Gasteiger partial charge in [0.1, 0.15) is 22.7 Å². The van der Waals surface area contributed by atoms with Gasteiger partial charge in [-0.3, -0.25) is 4.98 Å². The minimum Gasteiger partial charge on any atom is -0.359 e. The first-order chi connectivity index (χ1) is 11.2. The van der Waals surface area contributed by atoms with Crippen LogP contribution < -0.4 is 10.6 Å². The molecule has 0 radical (unpaired) electrons. The quantitative estimate of drug-likeness (QED) is 0.560. The molecule has 0 aliphatic rings. The molecule has 0 aliphatic carbocycles. The fourth-order valence-corrected chi connectivity index (χ4v) is 2.15. The Kier molecular flexibility index (Phi) is 4.24. The number of pyridine rings is 1. The van der Waals surface area contributed by atoms with E-state index in [1.54, 1.807) is 24.7 Å². The number of nitrogens with one attached hydrogen (secondary N) is 2. The van der Waals surface area contributed by atoms with E-state index in [9.17, 15) is 0 Å². The van der Waals surface area contributed by atoms with E-state index < -0.39 is 0 Å². The molecule has 116 valence electrons. The summed E-state index contributed by atoms with van der Waals surface area (Å²) in [7, 11) is 1.91. The number of hydrogen-bond donors (Lipinski definition) is 2. The van der Waals surface area contributed by atoms with Gasteiger partial charge in [-0.15, -0.1) is 6.58 Å². The van der Waals surface area contributed by atoms with E-state index in [-0.39, 0.29) is 0 Å². The van der Waals surface area contributed by atoms with Gasteiger partial charge in [0.15, 0.2) is 10.8 Å². The lowest BCUT2D eigenvalue weighted by Crippen LogP contribution is -2.28. The Morgan fingerprint density at radius 3 is 2.91 bits per heavy atom. The van der Waals surface area contributed by atoms with Crippen molar-refractivity contribution in [3.05, 3.63) is 43.5 Å². The summed E-state index contributed by atoms with van der Waals surface area (Å²) in [6.45, 7) is 4.22. The summed E-state index contributed by atoms with van der Waals surface area (Å²) in [4.78, 5) is 17.6. The first-order valence-electron chi connectivity index (χ1n) is 6.93. The van der Waals surface area contributed by atoms with Crippen LogP contribution in [0.15, 0.2) is 43.5 Å². The zero-order chi connectivity index (χ0) is 16.2. The second-order valence-corrected chi connectivity index (χ2v) is 5.25. The fourth-order valence-electron chi connectivity index (χ4n) is 1.96. The predicted octanol–water partition coefficient (Wildman–Crippen LogP) is 1.90. The fraction of sp³-hybridized carbons (Fsp3) is 0.133. The highest BCUT2D eigenvalue weighted by atomic mass is 32.1. The van der Waals surface area contributed by atoms with Crippen LogP contribution in [0.5, 0.6) is 0 Å². The largest absolute Gasteiger partial charge is 0.359 e. The van der Waals surface area contributed by atoms with Crippen LogP contribution in [-0.2, 0) is 7.05 Å². The number of anilines is 1. The highest BCUT2D eigenvalue weighted by Gasteiger charge is 2.07. The van der Waals surface area contributed by atoms with Gasteiger partial charge < -0.3 is 15.2 Å². The molecule has 3 aromatic rings. The number of aromatic nitrogens is 5. The van der Waals surface area contributed by atoms with E-state index in [0.717, 1.165) is 5.69 Å². The average molecular weight is 325 g/mol. The second kappa shape index (κ2) is 6.49. The van der Waals surface area contributed by atoms with Crippen LogP contribution in [0.1, 0.15) is 0 Å². The number of thiocarbonyl (C=S) groups is 1. The summed E-state index contributed by atoms with van der Waals surface area (Å²) in [6.07, 6.45) is 7.02. The second-order valence-electron chi connectivity index (χ2n) is 4.84. The van der Waals surface area contributed by atoms with Crippen molar-refractivity contribution < 1.29 is 0 Å². The monoisotopic (exact) mass is 325 g/mol. The number of aryl methyl sites for hydroxylation is 1. The van der Waals surface area contributed by atoms with E-state index in [1.165, 1.54) is 0 Å². The van der Waals surface area contributed by atoms with Crippen molar-refractivity contribution in [1.29, 1.82) is 0 Å².